The van der Waals surface area contributed by atoms with Gasteiger partial charge < -0.3 is 4.74 Å². The lowest BCUT2D eigenvalue weighted by atomic mass is 10.4. The summed E-state index contributed by atoms with van der Waals surface area (Å²) in [5, 5.41) is 0. The molecule has 1 rings (SSSR count). The van der Waals surface area contributed by atoms with Gasteiger partial charge in [-0.1, -0.05) is 0 Å². The minimum Gasteiger partial charge on any atom is -0.385 e. The van der Waals surface area contributed by atoms with E-state index in [0.29, 0.717) is 19.6 Å². The minimum atomic E-state index is -0.226. The molecule has 0 spiro atoms. The third-order valence-electron chi connectivity index (χ3n) is 1.63. The SMILES string of the molecule is COCCCN1C(=O)C=CC1=O. The normalized spacial score (nSPS) is 16.2. The average Bonchev–Trinajstić information content (AvgIpc) is 2.35. The molecule has 0 bridgehead atoms. The van der Waals surface area contributed by atoms with E-state index in [1.54, 1.807) is 7.11 Å². The predicted molar refractivity (Wildman–Crippen MR) is 42.4 cm³/mol. The number of hydrogen-bond acceptors (Lipinski definition) is 3. The highest BCUT2D eigenvalue weighted by Gasteiger charge is 2.21. The zero-order chi connectivity index (χ0) is 8.97. The van der Waals surface area contributed by atoms with Crippen molar-refractivity contribution >= 4 is 11.8 Å². The molecule has 4 nitrogen and oxygen atoms in total. The van der Waals surface area contributed by atoms with Gasteiger partial charge in [-0.3, -0.25) is 14.5 Å². The summed E-state index contributed by atoms with van der Waals surface area (Å²) in [6, 6.07) is 0. The summed E-state index contributed by atoms with van der Waals surface area (Å²) in [5.74, 6) is -0.452. The molecule has 0 aromatic rings. The lowest BCUT2D eigenvalue weighted by Crippen LogP contribution is -2.31. The molecule has 1 aliphatic heterocycles. The Balaban J connectivity index is 2.33. The number of imide groups is 1. The van der Waals surface area contributed by atoms with Crippen molar-refractivity contribution in [3.63, 3.8) is 0 Å². The fourth-order valence-corrected chi connectivity index (χ4v) is 1.02. The van der Waals surface area contributed by atoms with Crippen molar-refractivity contribution in [2.45, 2.75) is 6.42 Å². The van der Waals surface area contributed by atoms with Crippen molar-refractivity contribution < 1.29 is 14.3 Å². The maximum Gasteiger partial charge on any atom is 0.253 e. The lowest BCUT2D eigenvalue weighted by molar-refractivity contribution is -0.136. The molecule has 0 unspecified atom stereocenters. The van der Waals surface area contributed by atoms with Crippen LogP contribution in [0.5, 0.6) is 0 Å². The molecule has 0 fully saturated rings. The first-order chi connectivity index (χ1) is 5.75. The van der Waals surface area contributed by atoms with Gasteiger partial charge in [0, 0.05) is 32.4 Å². The van der Waals surface area contributed by atoms with Crippen molar-refractivity contribution in [1.29, 1.82) is 0 Å². The summed E-state index contributed by atoms with van der Waals surface area (Å²) < 4.78 is 4.80. The summed E-state index contributed by atoms with van der Waals surface area (Å²) in [7, 11) is 1.59. The van der Waals surface area contributed by atoms with Crippen LogP contribution in [0, 0.1) is 0 Å². The molecule has 0 atom stereocenters. The number of amides is 2. The van der Waals surface area contributed by atoms with Gasteiger partial charge in [0.1, 0.15) is 0 Å². The van der Waals surface area contributed by atoms with Gasteiger partial charge in [0.2, 0.25) is 0 Å². The molecule has 2 amide bonds. The third-order valence-corrected chi connectivity index (χ3v) is 1.63. The van der Waals surface area contributed by atoms with Crippen molar-refractivity contribution in [2.24, 2.45) is 0 Å². The number of ether oxygens (including phenoxy) is 1. The van der Waals surface area contributed by atoms with Crippen LogP contribution in [-0.4, -0.2) is 37.0 Å². The molecule has 0 saturated carbocycles. The maximum atomic E-state index is 11.0. The van der Waals surface area contributed by atoms with Crippen LogP contribution in [0.4, 0.5) is 0 Å². The van der Waals surface area contributed by atoms with Crippen LogP contribution in [0.1, 0.15) is 6.42 Å². The zero-order valence-electron chi connectivity index (χ0n) is 6.95. The monoisotopic (exact) mass is 169 g/mol. The van der Waals surface area contributed by atoms with E-state index >= 15 is 0 Å². The van der Waals surface area contributed by atoms with E-state index in [0.717, 1.165) is 0 Å². The van der Waals surface area contributed by atoms with Crippen LogP contribution in [-0.2, 0) is 14.3 Å². The van der Waals surface area contributed by atoms with Crippen molar-refractivity contribution in [3.8, 4) is 0 Å². The average molecular weight is 169 g/mol. The Labute approximate surface area is 70.8 Å². The van der Waals surface area contributed by atoms with E-state index in [-0.39, 0.29) is 11.8 Å². The van der Waals surface area contributed by atoms with Gasteiger partial charge in [0.05, 0.1) is 0 Å². The number of carbonyl (C=O) groups is 2. The second-order valence-corrected chi connectivity index (χ2v) is 2.51. The van der Waals surface area contributed by atoms with E-state index in [4.69, 9.17) is 4.74 Å². The molecule has 0 saturated heterocycles. The molecule has 66 valence electrons. The minimum absolute atomic E-state index is 0.226. The standard InChI is InChI=1S/C8H11NO3/c1-12-6-2-5-9-7(10)3-4-8(9)11/h3-4H,2,5-6H2,1H3. The summed E-state index contributed by atoms with van der Waals surface area (Å²) in [6.45, 7) is 1.01. The van der Waals surface area contributed by atoms with Gasteiger partial charge in [-0.25, -0.2) is 0 Å². The Kier molecular flexibility index (Phi) is 2.99. The summed E-state index contributed by atoms with van der Waals surface area (Å²) >= 11 is 0. The molecule has 0 aromatic heterocycles. The maximum absolute atomic E-state index is 11.0. The number of hydrogen-bond donors (Lipinski definition) is 0. The Morgan fingerprint density at radius 3 is 2.42 bits per heavy atom. The highest BCUT2D eigenvalue weighted by atomic mass is 16.5. The van der Waals surface area contributed by atoms with E-state index < -0.39 is 0 Å². The van der Waals surface area contributed by atoms with Gasteiger partial charge in [0.15, 0.2) is 0 Å². The van der Waals surface area contributed by atoms with Gasteiger partial charge in [-0.05, 0) is 6.42 Å². The van der Waals surface area contributed by atoms with E-state index in [2.05, 4.69) is 0 Å². The first-order valence-electron chi connectivity index (χ1n) is 3.78. The van der Waals surface area contributed by atoms with Crippen molar-refractivity contribution in [2.75, 3.05) is 20.3 Å². The second-order valence-electron chi connectivity index (χ2n) is 2.51. The van der Waals surface area contributed by atoms with Crippen LogP contribution < -0.4 is 0 Å². The van der Waals surface area contributed by atoms with Gasteiger partial charge in [0.25, 0.3) is 11.8 Å². The molecule has 4 heteroatoms. The molecular formula is C8H11NO3. The Bertz CT molecular complexity index is 204. The fourth-order valence-electron chi connectivity index (χ4n) is 1.02. The van der Waals surface area contributed by atoms with Crippen LogP contribution in [0.25, 0.3) is 0 Å². The largest absolute Gasteiger partial charge is 0.385 e. The van der Waals surface area contributed by atoms with Crippen LogP contribution in [0.2, 0.25) is 0 Å². The first kappa shape index (κ1) is 8.93. The molecule has 0 aromatic carbocycles. The van der Waals surface area contributed by atoms with Crippen molar-refractivity contribution in [1.82, 2.24) is 4.90 Å². The molecule has 1 heterocycles. The number of rotatable bonds is 4. The zero-order valence-corrected chi connectivity index (χ0v) is 6.95. The van der Waals surface area contributed by atoms with Gasteiger partial charge >= 0.3 is 0 Å². The first-order valence-corrected chi connectivity index (χ1v) is 3.78. The predicted octanol–water partition coefficient (Wildman–Crippen LogP) is -0.0521. The quantitative estimate of drug-likeness (QED) is 0.438. The highest BCUT2D eigenvalue weighted by molar-refractivity contribution is 6.12. The second kappa shape index (κ2) is 4.01. The van der Waals surface area contributed by atoms with E-state index in [1.165, 1.54) is 17.1 Å². The van der Waals surface area contributed by atoms with Crippen LogP contribution in [0.3, 0.4) is 0 Å². The number of nitrogens with zero attached hydrogens (tertiary/aromatic N) is 1. The van der Waals surface area contributed by atoms with Gasteiger partial charge in [-0.15, -0.1) is 0 Å². The molecular weight excluding hydrogens is 158 g/mol. The lowest BCUT2D eigenvalue weighted by Gasteiger charge is -2.12. The van der Waals surface area contributed by atoms with E-state index in [1.807, 2.05) is 0 Å². The summed E-state index contributed by atoms with van der Waals surface area (Å²) in [5.41, 5.74) is 0. The molecule has 0 aliphatic carbocycles. The Morgan fingerprint density at radius 1 is 1.33 bits per heavy atom. The fraction of sp³-hybridized carbons (Fsp3) is 0.500. The van der Waals surface area contributed by atoms with E-state index in [9.17, 15) is 9.59 Å². The molecule has 1 aliphatic rings. The Hall–Kier alpha value is -1.16. The van der Waals surface area contributed by atoms with Crippen LogP contribution >= 0.6 is 0 Å². The number of methoxy groups -OCH3 is 1. The third kappa shape index (κ3) is 1.92. The smallest absolute Gasteiger partial charge is 0.253 e. The molecule has 0 N–H and O–H groups in total. The Morgan fingerprint density at radius 2 is 1.92 bits per heavy atom. The van der Waals surface area contributed by atoms with Crippen LogP contribution in [0.15, 0.2) is 12.2 Å². The highest BCUT2D eigenvalue weighted by Crippen LogP contribution is 2.03. The van der Waals surface area contributed by atoms with Crippen molar-refractivity contribution in [3.05, 3.63) is 12.2 Å². The molecule has 0 radical (unpaired) electrons. The van der Waals surface area contributed by atoms with Gasteiger partial charge in [-0.2, -0.15) is 0 Å². The molecule has 12 heavy (non-hydrogen) atoms. The summed E-state index contributed by atoms with van der Waals surface area (Å²) in [6.07, 6.45) is 3.26. The summed E-state index contributed by atoms with van der Waals surface area (Å²) in [4.78, 5) is 23.1. The topological polar surface area (TPSA) is 46.6 Å². The number of carbonyl (C=O) groups excluding carboxylic acids is 2.